The van der Waals surface area contributed by atoms with Gasteiger partial charge >= 0.3 is 0 Å². The van der Waals surface area contributed by atoms with Gasteiger partial charge in [0.05, 0.1) is 7.11 Å². The van der Waals surface area contributed by atoms with E-state index in [1.54, 1.807) is 6.92 Å². The number of rotatable bonds is 3. The predicted octanol–water partition coefficient (Wildman–Crippen LogP) is 0.604. The van der Waals surface area contributed by atoms with Gasteiger partial charge in [0.15, 0.2) is 0 Å². The topological polar surface area (TPSA) is 42.3 Å². The monoisotopic (exact) mass is 103 g/mol. The summed E-state index contributed by atoms with van der Waals surface area (Å²) in [5, 5.41) is 6.79. The standard InChI is InChI=1S/C4H9NO2/c1-4(5)3-7-6-2/h5H,3H2,1-2H3. The largest absolute Gasteiger partial charge is 0.307 e. The summed E-state index contributed by atoms with van der Waals surface area (Å²) in [4.78, 5) is 8.58. The lowest BCUT2D eigenvalue weighted by molar-refractivity contribution is -0.259. The van der Waals surface area contributed by atoms with Gasteiger partial charge in [0.2, 0.25) is 0 Å². The molecule has 3 heteroatoms. The van der Waals surface area contributed by atoms with E-state index in [9.17, 15) is 0 Å². The molecule has 0 saturated carbocycles. The highest BCUT2D eigenvalue weighted by Gasteiger charge is 1.83. The van der Waals surface area contributed by atoms with E-state index < -0.39 is 0 Å². The minimum atomic E-state index is 0.260. The molecule has 7 heavy (non-hydrogen) atoms. The van der Waals surface area contributed by atoms with Crippen molar-refractivity contribution in [2.45, 2.75) is 6.92 Å². The van der Waals surface area contributed by atoms with E-state index in [-0.39, 0.29) is 6.61 Å². The molecular weight excluding hydrogens is 94.0 g/mol. The molecule has 0 aromatic carbocycles. The molecule has 0 fully saturated rings. The van der Waals surface area contributed by atoms with Crippen LogP contribution in [0.3, 0.4) is 0 Å². The molecular formula is C4H9NO2. The summed E-state index contributed by atoms with van der Waals surface area (Å²) in [5.74, 6) is 0. The second-order valence-electron chi connectivity index (χ2n) is 1.21. The third kappa shape index (κ3) is 5.59. The van der Waals surface area contributed by atoms with Gasteiger partial charge in [-0.05, 0) is 6.92 Å². The lowest BCUT2D eigenvalue weighted by Gasteiger charge is -1.93. The maximum Gasteiger partial charge on any atom is 0.119 e. The van der Waals surface area contributed by atoms with Crippen LogP contribution in [0.1, 0.15) is 6.92 Å². The van der Waals surface area contributed by atoms with E-state index >= 15 is 0 Å². The van der Waals surface area contributed by atoms with Crippen molar-refractivity contribution in [3.63, 3.8) is 0 Å². The van der Waals surface area contributed by atoms with Gasteiger partial charge in [-0.15, -0.1) is 0 Å². The van der Waals surface area contributed by atoms with Crippen molar-refractivity contribution < 1.29 is 9.78 Å². The second kappa shape index (κ2) is 3.77. The molecule has 0 bridgehead atoms. The molecule has 0 amide bonds. The van der Waals surface area contributed by atoms with Gasteiger partial charge in [-0.25, -0.2) is 9.78 Å². The van der Waals surface area contributed by atoms with Crippen molar-refractivity contribution >= 4 is 5.71 Å². The zero-order valence-electron chi connectivity index (χ0n) is 4.52. The Kier molecular flexibility index (Phi) is 3.55. The lowest BCUT2D eigenvalue weighted by Crippen LogP contribution is -2.00. The summed E-state index contributed by atoms with van der Waals surface area (Å²) in [6.07, 6.45) is 0. The van der Waals surface area contributed by atoms with Crippen molar-refractivity contribution in [1.82, 2.24) is 0 Å². The average Bonchev–Trinajstić information content (AvgIpc) is 1.61. The van der Waals surface area contributed by atoms with Gasteiger partial charge < -0.3 is 5.41 Å². The van der Waals surface area contributed by atoms with E-state index in [2.05, 4.69) is 9.78 Å². The summed E-state index contributed by atoms with van der Waals surface area (Å²) in [6.45, 7) is 1.91. The van der Waals surface area contributed by atoms with Gasteiger partial charge in [-0.1, -0.05) is 0 Å². The Morgan fingerprint density at radius 1 is 1.71 bits per heavy atom. The van der Waals surface area contributed by atoms with Gasteiger partial charge in [0.1, 0.15) is 6.61 Å². The summed E-state index contributed by atoms with van der Waals surface area (Å²) >= 11 is 0. The van der Waals surface area contributed by atoms with Gasteiger partial charge in [-0.2, -0.15) is 0 Å². The first-order chi connectivity index (χ1) is 3.27. The van der Waals surface area contributed by atoms with Crippen molar-refractivity contribution in [2.24, 2.45) is 0 Å². The molecule has 0 spiro atoms. The molecule has 0 saturated heterocycles. The van der Waals surface area contributed by atoms with Crippen LogP contribution in [0.25, 0.3) is 0 Å². The Balaban J connectivity index is 2.82. The number of hydrogen-bond acceptors (Lipinski definition) is 3. The van der Waals surface area contributed by atoms with Crippen LogP contribution in [0.15, 0.2) is 0 Å². The van der Waals surface area contributed by atoms with E-state index in [0.29, 0.717) is 5.71 Å². The molecule has 0 aromatic rings. The quantitative estimate of drug-likeness (QED) is 0.323. The summed E-state index contributed by atoms with van der Waals surface area (Å²) < 4.78 is 0. The van der Waals surface area contributed by atoms with Crippen molar-refractivity contribution in [2.75, 3.05) is 13.7 Å². The highest BCUT2D eigenvalue weighted by atomic mass is 17.2. The maximum absolute atomic E-state index is 6.79. The molecule has 0 atom stereocenters. The van der Waals surface area contributed by atoms with Crippen molar-refractivity contribution in [3.05, 3.63) is 0 Å². The molecule has 3 nitrogen and oxygen atoms in total. The lowest BCUT2D eigenvalue weighted by atomic mass is 10.5. The summed E-state index contributed by atoms with van der Waals surface area (Å²) in [7, 11) is 1.42. The molecule has 0 aliphatic heterocycles. The number of nitrogens with one attached hydrogen (secondary N) is 1. The zero-order valence-corrected chi connectivity index (χ0v) is 4.52. The van der Waals surface area contributed by atoms with Crippen molar-refractivity contribution in [1.29, 1.82) is 5.41 Å². The molecule has 0 heterocycles. The fourth-order valence-electron chi connectivity index (χ4n) is 0.147. The van der Waals surface area contributed by atoms with Crippen LogP contribution in [-0.4, -0.2) is 19.4 Å². The highest BCUT2D eigenvalue weighted by Crippen LogP contribution is 1.73. The van der Waals surface area contributed by atoms with Crippen LogP contribution in [0, 0.1) is 5.41 Å². The molecule has 0 aliphatic rings. The van der Waals surface area contributed by atoms with Crippen LogP contribution in [0.4, 0.5) is 0 Å². The molecule has 0 radical (unpaired) electrons. The summed E-state index contributed by atoms with van der Waals surface area (Å²) in [5.41, 5.74) is 0.460. The van der Waals surface area contributed by atoms with E-state index in [1.165, 1.54) is 7.11 Å². The fourth-order valence-corrected chi connectivity index (χ4v) is 0.147. The van der Waals surface area contributed by atoms with Gasteiger partial charge in [0.25, 0.3) is 0 Å². The Bertz CT molecular complexity index is 62.7. The number of hydrogen-bond donors (Lipinski definition) is 1. The third-order valence-electron chi connectivity index (χ3n) is 0.393. The minimum absolute atomic E-state index is 0.260. The minimum Gasteiger partial charge on any atom is -0.307 e. The van der Waals surface area contributed by atoms with E-state index in [1.807, 2.05) is 0 Å². The smallest absolute Gasteiger partial charge is 0.119 e. The predicted molar refractivity (Wildman–Crippen MR) is 26.4 cm³/mol. The Morgan fingerprint density at radius 2 is 2.29 bits per heavy atom. The van der Waals surface area contributed by atoms with Crippen molar-refractivity contribution in [3.8, 4) is 0 Å². The second-order valence-corrected chi connectivity index (χ2v) is 1.21. The Hall–Kier alpha value is -0.410. The average molecular weight is 103 g/mol. The van der Waals surface area contributed by atoms with E-state index in [0.717, 1.165) is 0 Å². The molecule has 42 valence electrons. The van der Waals surface area contributed by atoms with Gasteiger partial charge in [0, 0.05) is 5.71 Å². The molecule has 0 aliphatic carbocycles. The first kappa shape index (κ1) is 6.59. The molecule has 1 N–H and O–H groups in total. The molecule has 0 rings (SSSR count). The SMILES string of the molecule is COOCC(C)=N. The fraction of sp³-hybridized carbons (Fsp3) is 0.750. The Morgan fingerprint density at radius 3 is 2.43 bits per heavy atom. The van der Waals surface area contributed by atoms with E-state index in [4.69, 9.17) is 5.41 Å². The van der Waals surface area contributed by atoms with Crippen LogP contribution in [0.5, 0.6) is 0 Å². The highest BCUT2D eigenvalue weighted by molar-refractivity contribution is 5.79. The zero-order chi connectivity index (χ0) is 5.70. The molecule has 0 aromatic heterocycles. The van der Waals surface area contributed by atoms with Gasteiger partial charge in [-0.3, -0.25) is 0 Å². The first-order valence-electron chi connectivity index (χ1n) is 1.97. The van der Waals surface area contributed by atoms with Crippen LogP contribution in [0.2, 0.25) is 0 Å². The normalized spacial score (nSPS) is 8.86. The first-order valence-corrected chi connectivity index (χ1v) is 1.97. The van der Waals surface area contributed by atoms with Crippen LogP contribution >= 0.6 is 0 Å². The maximum atomic E-state index is 6.79. The Labute approximate surface area is 42.7 Å². The molecule has 0 unspecified atom stereocenters. The summed E-state index contributed by atoms with van der Waals surface area (Å²) in [6, 6.07) is 0. The third-order valence-corrected chi connectivity index (χ3v) is 0.393. The van der Waals surface area contributed by atoms with Crippen LogP contribution in [-0.2, 0) is 9.78 Å². The van der Waals surface area contributed by atoms with Crippen LogP contribution < -0.4 is 0 Å².